The molecular formula is C103H61N9OS. The number of rotatable bonds is 11. The molecule has 0 amide bonds. The van der Waals surface area contributed by atoms with Gasteiger partial charge in [0.2, 0.25) is 0 Å². The highest BCUT2D eigenvalue weighted by molar-refractivity contribution is 7.26. The van der Waals surface area contributed by atoms with Gasteiger partial charge in [0.15, 0.2) is 23.3 Å². The van der Waals surface area contributed by atoms with Crippen molar-refractivity contribution in [3.05, 3.63) is 370 Å². The molecule has 0 atom stereocenters. The van der Waals surface area contributed by atoms with Crippen molar-refractivity contribution in [1.29, 1.82) is 0 Å². The van der Waals surface area contributed by atoms with E-state index in [1.165, 1.54) is 41.7 Å². The van der Waals surface area contributed by atoms with Crippen molar-refractivity contribution in [2.45, 2.75) is 0 Å². The van der Waals surface area contributed by atoms with Gasteiger partial charge >= 0.3 is 0 Å². The van der Waals surface area contributed by atoms with Crippen LogP contribution in [0.5, 0.6) is 0 Å². The topological polar surface area (TPSA) is 97.3 Å². The molecule has 24 aromatic rings. The van der Waals surface area contributed by atoms with Crippen molar-refractivity contribution < 1.29 is 4.42 Å². The summed E-state index contributed by atoms with van der Waals surface area (Å²) in [6.07, 6.45) is 0. The van der Waals surface area contributed by atoms with Crippen LogP contribution in [0.3, 0.4) is 0 Å². The third kappa shape index (κ3) is 9.89. The van der Waals surface area contributed by atoms with Gasteiger partial charge in [-0.1, -0.05) is 237 Å². The summed E-state index contributed by atoms with van der Waals surface area (Å²) in [5.74, 6) is 2.42. The smallest absolute Gasteiger partial charge is 0.164 e. The Balaban J connectivity index is 0.626. The van der Waals surface area contributed by atoms with E-state index in [1.807, 2.05) is 53.8 Å². The molecule has 0 unspecified atom stereocenters. The average molecular weight is 1470 g/mol. The summed E-state index contributed by atoms with van der Waals surface area (Å²) in [5.41, 5.74) is 24.4. The second-order valence-electron chi connectivity index (χ2n) is 29.4. The van der Waals surface area contributed by atoms with Crippen molar-refractivity contribution in [1.82, 2.24) is 43.2 Å². The van der Waals surface area contributed by atoms with Crippen LogP contribution < -0.4 is 0 Å². The van der Waals surface area contributed by atoms with Gasteiger partial charge in [-0.2, -0.15) is 0 Å². The summed E-state index contributed by atoms with van der Waals surface area (Å²) in [4.78, 5) is 26.4. The lowest BCUT2D eigenvalue weighted by atomic mass is 9.97. The maximum Gasteiger partial charge on any atom is 0.164 e. The Morgan fingerprint density at radius 1 is 0.202 bits per heavy atom. The lowest BCUT2D eigenvalue weighted by Crippen LogP contribution is -2.01. The minimum Gasteiger partial charge on any atom is -0.455 e. The molecule has 530 valence electrons. The predicted octanol–water partition coefficient (Wildman–Crippen LogP) is 27.0. The van der Waals surface area contributed by atoms with Gasteiger partial charge in [0.25, 0.3) is 0 Å². The van der Waals surface area contributed by atoms with Crippen LogP contribution in [-0.4, -0.2) is 43.2 Å². The van der Waals surface area contributed by atoms with E-state index in [1.54, 1.807) is 0 Å². The molecule has 0 saturated heterocycles. The highest BCUT2D eigenvalue weighted by Crippen LogP contribution is 2.49. The maximum atomic E-state index is 7.32. The minimum atomic E-state index is 0.566. The van der Waals surface area contributed by atoms with Gasteiger partial charge in [-0.05, 0) is 145 Å². The Hall–Kier alpha value is -15.2. The largest absolute Gasteiger partial charge is 0.455 e. The van der Waals surface area contributed by atoms with Crippen molar-refractivity contribution in [3.8, 4) is 102 Å². The van der Waals surface area contributed by atoms with Gasteiger partial charge in [-0.25, -0.2) is 24.9 Å². The number of aromatic nitrogens is 9. The molecular weight excluding hydrogens is 1410 g/mol. The first-order chi connectivity index (χ1) is 56.5. The summed E-state index contributed by atoms with van der Waals surface area (Å²) < 4.78 is 19.3. The molecule has 0 aliphatic heterocycles. The van der Waals surface area contributed by atoms with Gasteiger partial charge in [0, 0.05) is 119 Å². The minimum absolute atomic E-state index is 0.566. The van der Waals surface area contributed by atoms with Gasteiger partial charge in [-0.3, -0.25) is 0 Å². The van der Waals surface area contributed by atoms with E-state index in [0.717, 1.165) is 166 Å². The second-order valence-corrected chi connectivity index (χ2v) is 30.5. The van der Waals surface area contributed by atoms with Crippen LogP contribution in [0.4, 0.5) is 0 Å². The molecule has 0 N–H and O–H groups in total. The summed E-state index contributed by atoms with van der Waals surface area (Å²) >= 11 is 1.85. The Bertz CT molecular complexity index is 8020. The first kappa shape index (κ1) is 63.7. The van der Waals surface area contributed by atoms with Crippen LogP contribution in [0.2, 0.25) is 0 Å². The molecule has 0 saturated carbocycles. The van der Waals surface area contributed by atoms with Crippen LogP contribution in [0.25, 0.3) is 231 Å². The quantitative estimate of drug-likeness (QED) is 0.128. The van der Waals surface area contributed by atoms with E-state index in [9.17, 15) is 0 Å². The van der Waals surface area contributed by atoms with Gasteiger partial charge in [0.1, 0.15) is 11.2 Å². The monoisotopic (exact) mass is 1470 g/mol. The Morgan fingerprint density at radius 2 is 0.588 bits per heavy atom. The van der Waals surface area contributed by atoms with E-state index in [-0.39, 0.29) is 0 Å². The average Bonchev–Trinajstić information content (AvgIpc) is 1.55. The fraction of sp³-hybridized carbons (Fsp3) is 0. The summed E-state index contributed by atoms with van der Waals surface area (Å²) in [5, 5.41) is 13.8. The number of hydrogen-bond acceptors (Lipinski definition) is 7. The number of benzene rings is 16. The first-order valence-electron chi connectivity index (χ1n) is 38.4. The standard InChI is InChI=1S/C103H61N9OS/c1-6-25-62(26-7-1)83-59-84(105-100(104-83)64-27-8-2-9-28-64)63-47-49-71(50-48-63)110-85-43-19-16-39-74(85)79-57-80-81-58-82-92(61-94(81)114-93(80)60-91(79)110)111(70-36-14-5-15-37-70)88-46-24-42-73(95(82)88)66-31-22-32-67(55-66)102-106-101(65-29-10-3-11-30-65)107-103(108-102)68-33-23-38-72(56-68)112-87-45-21-18-41-78(87)97-90(112)54-52-76-75-51-53-89-96(98(75)113-99(76)97)77-40-17-20-44-86(77)109(89)69-34-12-4-13-35-69/h1-61H. The Labute approximate surface area is 655 Å². The molecule has 0 aliphatic rings. The van der Waals surface area contributed by atoms with Crippen molar-refractivity contribution in [2.75, 3.05) is 0 Å². The molecule has 11 heteroatoms. The van der Waals surface area contributed by atoms with E-state index in [2.05, 4.69) is 346 Å². The Morgan fingerprint density at radius 3 is 1.18 bits per heavy atom. The van der Waals surface area contributed by atoms with Crippen LogP contribution in [0.1, 0.15) is 0 Å². The number of nitrogens with zero attached hydrogens (tertiary/aromatic N) is 9. The maximum absolute atomic E-state index is 7.32. The lowest BCUT2D eigenvalue weighted by Gasteiger charge is -2.12. The molecule has 114 heavy (non-hydrogen) atoms. The zero-order valence-corrected chi connectivity index (χ0v) is 61.9. The van der Waals surface area contributed by atoms with E-state index < -0.39 is 0 Å². The fourth-order valence-electron chi connectivity index (χ4n) is 17.9. The molecule has 8 aromatic heterocycles. The van der Waals surface area contributed by atoms with Gasteiger partial charge < -0.3 is 22.7 Å². The van der Waals surface area contributed by atoms with E-state index >= 15 is 0 Å². The molecule has 0 aliphatic carbocycles. The second kappa shape index (κ2) is 25.2. The number of thiophene rings is 1. The van der Waals surface area contributed by atoms with Crippen LogP contribution in [-0.2, 0) is 0 Å². The van der Waals surface area contributed by atoms with Gasteiger partial charge in [-0.15, -0.1) is 11.3 Å². The molecule has 8 heterocycles. The van der Waals surface area contributed by atoms with Gasteiger partial charge in [0.05, 0.1) is 66.3 Å². The fourth-order valence-corrected chi connectivity index (χ4v) is 19.0. The SMILES string of the molecule is c1ccc(-c2cc(-c3ccc(-n4c5ccccc5c5cc6c(cc54)sc4cc5c(cc46)c4c(-c6cccc(-c7nc(-c8ccccc8)nc(-c8cccc(-n9c%10ccccc%10c%10c%11oc%12c(ccc%13c%12c%12ccccc%12n%13-c%12ccccc%12)c%11ccc%109)c8)n7)c6)cccc4n5-c4ccccc4)cc3)nc(-c3ccccc3)n2)cc1. The molecule has 0 radical (unpaired) electrons. The Kier molecular flexibility index (Phi) is 14.1. The third-order valence-corrected chi connectivity index (χ3v) is 24.1. The van der Waals surface area contributed by atoms with Crippen molar-refractivity contribution in [2.24, 2.45) is 0 Å². The van der Waals surface area contributed by atoms with Crippen LogP contribution in [0.15, 0.2) is 374 Å². The number of fused-ring (bicyclic) bond motifs is 20. The molecule has 0 bridgehead atoms. The number of hydrogen-bond donors (Lipinski definition) is 0. The van der Waals surface area contributed by atoms with E-state index in [4.69, 9.17) is 29.3 Å². The zero-order chi connectivity index (χ0) is 74.6. The highest BCUT2D eigenvalue weighted by Gasteiger charge is 2.26. The summed E-state index contributed by atoms with van der Waals surface area (Å²) in [6.45, 7) is 0. The lowest BCUT2D eigenvalue weighted by molar-refractivity contribution is 0.677. The first-order valence-corrected chi connectivity index (χ1v) is 39.3. The van der Waals surface area contributed by atoms with Crippen LogP contribution >= 0.6 is 11.3 Å². The normalized spacial score (nSPS) is 12.0. The number of furan rings is 1. The zero-order valence-electron chi connectivity index (χ0n) is 61.1. The molecule has 16 aromatic carbocycles. The van der Waals surface area contributed by atoms with Crippen molar-refractivity contribution in [3.63, 3.8) is 0 Å². The molecule has 24 rings (SSSR count). The molecule has 0 fully saturated rings. The summed E-state index contributed by atoms with van der Waals surface area (Å²) in [6, 6.07) is 132. The molecule has 10 nitrogen and oxygen atoms in total. The third-order valence-electron chi connectivity index (χ3n) is 23.0. The molecule has 0 spiro atoms. The van der Waals surface area contributed by atoms with Crippen molar-refractivity contribution >= 4 is 141 Å². The predicted molar refractivity (Wildman–Crippen MR) is 471 cm³/mol. The van der Waals surface area contributed by atoms with Crippen LogP contribution in [0, 0.1) is 0 Å². The number of para-hydroxylation sites is 5. The van der Waals surface area contributed by atoms with E-state index in [0.29, 0.717) is 23.3 Å². The highest BCUT2D eigenvalue weighted by atomic mass is 32.1. The summed E-state index contributed by atoms with van der Waals surface area (Å²) in [7, 11) is 0.